The molecule has 6 heteroatoms. The van der Waals surface area contributed by atoms with Crippen molar-refractivity contribution in [2.75, 3.05) is 7.05 Å². The molecule has 0 bridgehead atoms. The van der Waals surface area contributed by atoms with Gasteiger partial charge in [0.05, 0.1) is 30.4 Å². The van der Waals surface area contributed by atoms with Crippen molar-refractivity contribution >= 4 is 17.0 Å². The quantitative estimate of drug-likeness (QED) is 0.571. The number of fused-ring (bicyclic) bond motifs is 1. The second-order valence-corrected chi connectivity index (χ2v) is 4.93. The van der Waals surface area contributed by atoms with Gasteiger partial charge in [0, 0.05) is 14.1 Å². The number of para-hydroxylation sites is 2. The zero-order chi connectivity index (χ0) is 15.4. The van der Waals surface area contributed by atoms with Crippen molar-refractivity contribution in [3.8, 4) is 0 Å². The summed E-state index contributed by atoms with van der Waals surface area (Å²) in [4.78, 5) is 8.83. The van der Waals surface area contributed by atoms with Crippen LogP contribution in [0.4, 0.5) is 0 Å². The molecule has 0 radical (unpaired) electrons. The highest BCUT2D eigenvalue weighted by molar-refractivity contribution is 5.80. The lowest BCUT2D eigenvalue weighted by Gasteiger charge is -2.10. The van der Waals surface area contributed by atoms with Gasteiger partial charge in [0.15, 0.2) is 5.96 Å². The van der Waals surface area contributed by atoms with Gasteiger partial charge in [0.2, 0.25) is 0 Å². The molecule has 6 nitrogen and oxygen atoms in total. The zero-order valence-corrected chi connectivity index (χ0v) is 12.7. The fraction of sp³-hybridized carbons (Fsp3) is 0.250. The van der Waals surface area contributed by atoms with Crippen LogP contribution >= 0.6 is 0 Å². The van der Waals surface area contributed by atoms with Crippen LogP contribution in [0.5, 0.6) is 0 Å². The van der Waals surface area contributed by atoms with Crippen molar-refractivity contribution in [3.63, 3.8) is 0 Å². The lowest BCUT2D eigenvalue weighted by atomic mass is 10.3. The number of imidazole rings is 1. The lowest BCUT2D eigenvalue weighted by molar-refractivity contribution is 0.501. The summed E-state index contributed by atoms with van der Waals surface area (Å²) in [6.07, 6.45) is 1.66. The van der Waals surface area contributed by atoms with Gasteiger partial charge in [-0.05, 0) is 24.3 Å². The van der Waals surface area contributed by atoms with Crippen molar-refractivity contribution < 1.29 is 4.42 Å². The summed E-state index contributed by atoms with van der Waals surface area (Å²) in [6, 6.07) is 11.9. The highest BCUT2D eigenvalue weighted by Crippen LogP contribution is 2.13. The largest absolute Gasteiger partial charge is 0.467 e. The van der Waals surface area contributed by atoms with Gasteiger partial charge in [0.25, 0.3) is 0 Å². The first-order chi connectivity index (χ1) is 10.8. The molecular formula is C16H19N5O. The molecule has 0 saturated carbocycles. The molecule has 0 fully saturated rings. The minimum absolute atomic E-state index is 0.592. The summed E-state index contributed by atoms with van der Waals surface area (Å²) in [5, 5.41) is 6.47. The Bertz CT molecular complexity index is 773. The Hall–Kier alpha value is -2.76. The van der Waals surface area contributed by atoms with E-state index in [2.05, 4.69) is 31.2 Å². The van der Waals surface area contributed by atoms with Gasteiger partial charge in [0.1, 0.15) is 11.6 Å². The fourth-order valence-electron chi connectivity index (χ4n) is 2.32. The predicted molar refractivity (Wildman–Crippen MR) is 86.5 cm³/mol. The Morgan fingerprint density at radius 1 is 1.18 bits per heavy atom. The van der Waals surface area contributed by atoms with E-state index in [-0.39, 0.29) is 0 Å². The van der Waals surface area contributed by atoms with Crippen LogP contribution in [0.2, 0.25) is 0 Å². The molecule has 2 N–H and O–H groups in total. The Kier molecular flexibility index (Phi) is 4.09. The molecule has 3 rings (SSSR count). The summed E-state index contributed by atoms with van der Waals surface area (Å²) in [5.41, 5.74) is 2.12. The van der Waals surface area contributed by atoms with Crippen LogP contribution in [0.3, 0.4) is 0 Å². The lowest BCUT2D eigenvalue weighted by Crippen LogP contribution is -2.36. The van der Waals surface area contributed by atoms with Gasteiger partial charge in [-0.1, -0.05) is 12.1 Å². The van der Waals surface area contributed by atoms with E-state index in [4.69, 9.17) is 4.42 Å². The third kappa shape index (κ3) is 2.95. The first-order valence-corrected chi connectivity index (χ1v) is 7.15. The number of aryl methyl sites for hydroxylation is 1. The summed E-state index contributed by atoms with van der Waals surface area (Å²) in [6.45, 7) is 1.19. The third-order valence-corrected chi connectivity index (χ3v) is 3.53. The van der Waals surface area contributed by atoms with E-state index in [0.717, 1.165) is 22.6 Å². The fourth-order valence-corrected chi connectivity index (χ4v) is 2.32. The van der Waals surface area contributed by atoms with Crippen LogP contribution in [0, 0.1) is 0 Å². The molecular weight excluding hydrogens is 278 g/mol. The molecule has 0 aliphatic heterocycles. The molecule has 0 amide bonds. The number of hydrogen-bond acceptors (Lipinski definition) is 3. The average Bonchev–Trinajstić information content (AvgIpc) is 3.17. The zero-order valence-electron chi connectivity index (χ0n) is 12.7. The Morgan fingerprint density at radius 3 is 2.73 bits per heavy atom. The molecule has 22 heavy (non-hydrogen) atoms. The smallest absolute Gasteiger partial charge is 0.191 e. The molecule has 0 spiro atoms. The van der Waals surface area contributed by atoms with Crippen LogP contribution in [0.25, 0.3) is 11.0 Å². The van der Waals surface area contributed by atoms with Crippen LogP contribution in [0.1, 0.15) is 11.6 Å². The molecule has 0 aliphatic carbocycles. The second kappa shape index (κ2) is 6.34. The molecule has 0 unspecified atom stereocenters. The van der Waals surface area contributed by atoms with Crippen LogP contribution in [-0.4, -0.2) is 22.6 Å². The van der Waals surface area contributed by atoms with Crippen molar-refractivity contribution in [1.82, 2.24) is 20.2 Å². The van der Waals surface area contributed by atoms with Crippen LogP contribution in [-0.2, 0) is 20.1 Å². The summed E-state index contributed by atoms with van der Waals surface area (Å²) in [5.74, 6) is 2.54. The van der Waals surface area contributed by atoms with Crippen LogP contribution in [0.15, 0.2) is 52.1 Å². The van der Waals surface area contributed by atoms with Gasteiger partial charge < -0.3 is 19.6 Å². The van der Waals surface area contributed by atoms with E-state index < -0.39 is 0 Å². The molecule has 3 aromatic rings. The van der Waals surface area contributed by atoms with Crippen molar-refractivity contribution in [2.24, 2.45) is 12.0 Å². The minimum atomic E-state index is 0.592. The highest BCUT2D eigenvalue weighted by atomic mass is 16.3. The van der Waals surface area contributed by atoms with Gasteiger partial charge in [-0.15, -0.1) is 0 Å². The van der Waals surface area contributed by atoms with Crippen molar-refractivity contribution in [2.45, 2.75) is 13.1 Å². The number of nitrogens with one attached hydrogen (secondary N) is 2. The number of aromatic nitrogens is 2. The van der Waals surface area contributed by atoms with Gasteiger partial charge in [-0.3, -0.25) is 4.99 Å². The van der Waals surface area contributed by atoms with E-state index >= 15 is 0 Å². The third-order valence-electron chi connectivity index (χ3n) is 3.53. The van der Waals surface area contributed by atoms with Crippen molar-refractivity contribution in [3.05, 3.63) is 54.2 Å². The molecule has 114 valence electrons. The number of guanidine groups is 1. The second-order valence-electron chi connectivity index (χ2n) is 4.93. The molecule has 2 heterocycles. The normalized spacial score (nSPS) is 11.8. The van der Waals surface area contributed by atoms with Crippen molar-refractivity contribution in [1.29, 1.82) is 0 Å². The Labute approximate surface area is 128 Å². The standard InChI is InChI=1S/C16H19N5O/c1-17-16(18-10-12-6-5-9-22-12)19-11-15-20-13-7-3-4-8-14(13)21(15)2/h3-9H,10-11H2,1-2H3,(H2,17,18,19). The predicted octanol–water partition coefficient (Wildman–Crippen LogP) is 2.03. The monoisotopic (exact) mass is 297 g/mol. The Balaban J connectivity index is 1.63. The van der Waals surface area contributed by atoms with Gasteiger partial charge >= 0.3 is 0 Å². The Morgan fingerprint density at radius 2 is 2.00 bits per heavy atom. The van der Waals surface area contributed by atoms with Crippen LogP contribution < -0.4 is 10.6 Å². The number of benzene rings is 1. The van der Waals surface area contributed by atoms with E-state index in [1.54, 1.807) is 13.3 Å². The van der Waals surface area contributed by atoms with E-state index in [1.165, 1.54) is 0 Å². The number of rotatable bonds is 4. The molecule has 2 aromatic heterocycles. The SMILES string of the molecule is CN=C(NCc1ccco1)NCc1nc2ccccc2n1C. The maximum absolute atomic E-state index is 5.29. The van der Waals surface area contributed by atoms with E-state index in [9.17, 15) is 0 Å². The van der Waals surface area contributed by atoms with Gasteiger partial charge in [-0.25, -0.2) is 4.98 Å². The first-order valence-electron chi connectivity index (χ1n) is 7.15. The summed E-state index contributed by atoms with van der Waals surface area (Å²) < 4.78 is 7.37. The number of hydrogen-bond donors (Lipinski definition) is 2. The number of aliphatic imine (C=N–C) groups is 1. The molecule has 1 aromatic carbocycles. The number of nitrogens with zero attached hydrogens (tertiary/aromatic N) is 3. The highest BCUT2D eigenvalue weighted by Gasteiger charge is 2.07. The summed E-state index contributed by atoms with van der Waals surface area (Å²) >= 11 is 0. The maximum atomic E-state index is 5.29. The maximum Gasteiger partial charge on any atom is 0.191 e. The average molecular weight is 297 g/mol. The van der Waals surface area contributed by atoms with Gasteiger partial charge in [-0.2, -0.15) is 0 Å². The first kappa shape index (κ1) is 14.2. The summed E-state index contributed by atoms with van der Waals surface area (Å²) in [7, 11) is 3.76. The van der Waals surface area contributed by atoms with E-state index in [1.807, 2.05) is 37.4 Å². The molecule has 0 atom stereocenters. The molecule has 0 aliphatic rings. The van der Waals surface area contributed by atoms with E-state index in [0.29, 0.717) is 19.0 Å². The molecule has 0 saturated heterocycles. The topological polar surface area (TPSA) is 67.4 Å². The minimum Gasteiger partial charge on any atom is -0.467 e. The number of furan rings is 1.